The number of benzene rings is 1. The molecule has 7 heteroatoms. The minimum Gasteiger partial charge on any atom is -0.493 e. The molecule has 110 valence electrons. The van der Waals surface area contributed by atoms with Crippen LogP contribution in [-0.2, 0) is 9.53 Å². The van der Waals surface area contributed by atoms with Gasteiger partial charge in [0.2, 0.25) is 5.91 Å². The van der Waals surface area contributed by atoms with E-state index in [2.05, 4.69) is 15.4 Å². The van der Waals surface area contributed by atoms with Crippen LogP contribution in [-0.4, -0.2) is 46.8 Å². The van der Waals surface area contributed by atoms with Gasteiger partial charge in [-0.25, -0.2) is 4.79 Å². The molecule has 0 heterocycles. The molecule has 1 amide bonds. The molecular formula is C13H18N2O5. The number of carbonyl (C=O) groups is 2. The van der Waals surface area contributed by atoms with Crippen molar-refractivity contribution >= 4 is 17.6 Å². The fourth-order valence-electron chi connectivity index (χ4n) is 1.62. The summed E-state index contributed by atoms with van der Waals surface area (Å²) in [5.41, 5.74) is 0.490. The number of hydrogen-bond donors (Lipinski definition) is 2. The van der Waals surface area contributed by atoms with E-state index in [0.29, 0.717) is 17.2 Å². The van der Waals surface area contributed by atoms with Crippen LogP contribution in [0.25, 0.3) is 0 Å². The average molecular weight is 282 g/mol. The molecule has 0 spiro atoms. The molecule has 0 atom stereocenters. The second-order valence-electron chi connectivity index (χ2n) is 3.82. The first-order valence-electron chi connectivity index (χ1n) is 5.86. The van der Waals surface area contributed by atoms with E-state index in [1.807, 2.05) is 0 Å². The number of likely N-dealkylation sites (N-methyl/N-ethyl adjacent to an activating group) is 1. The van der Waals surface area contributed by atoms with Gasteiger partial charge in [0.1, 0.15) is 0 Å². The lowest BCUT2D eigenvalue weighted by molar-refractivity contribution is -0.115. The van der Waals surface area contributed by atoms with Crippen LogP contribution in [0.1, 0.15) is 10.4 Å². The SMILES string of the molecule is CNCC(=O)Nc1cc(OC)c(OC)cc1C(=O)OC. The van der Waals surface area contributed by atoms with Crippen LogP contribution < -0.4 is 20.1 Å². The summed E-state index contributed by atoms with van der Waals surface area (Å²) in [7, 11) is 5.83. The first kappa shape index (κ1) is 15.8. The van der Waals surface area contributed by atoms with E-state index in [4.69, 9.17) is 9.47 Å². The molecule has 0 radical (unpaired) electrons. The van der Waals surface area contributed by atoms with Crippen LogP contribution in [0.3, 0.4) is 0 Å². The van der Waals surface area contributed by atoms with Crippen molar-refractivity contribution in [1.29, 1.82) is 0 Å². The van der Waals surface area contributed by atoms with Gasteiger partial charge in [-0.05, 0) is 7.05 Å². The maximum atomic E-state index is 11.8. The molecule has 0 fully saturated rings. The second kappa shape index (κ2) is 7.34. The van der Waals surface area contributed by atoms with Crippen molar-refractivity contribution in [2.75, 3.05) is 40.2 Å². The highest BCUT2D eigenvalue weighted by Gasteiger charge is 2.18. The minimum atomic E-state index is -0.578. The van der Waals surface area contributed by atoms with E-state index >= 15 is 0 Å². The highest BCUT2D eigenvalue weighted by Crippen LogP contribution is 2.33. The van der Waals surface area contributed by atoms with Gasteiger partial charge in [0.25, 0.3) is 0 Å². The van der Waals surface area contributed by atoms with Crippen LogP contribution in [0, 0.1) is 0 Å². The van der Waals surface area contributed by atoms with Gasteiger partial charge in [0, 0.05) is 12.1 Å². The third-order valence-corrected chi connectivity index (χ3v) is 2.54. The van der Waals surface area contributed by atoms with E-state index in [-0.39, 0.29) is 18.0 Å². The van der Waals surface area contributed by atoms with Gasteiger partial charge in [0.15, 0.2) is 11.5 Å². The predicted molar refractivity (Wildman–Crippen MR) is 73.4 cm³/mol. The van der Waals surface area contributed by atoms with Gasteiger partial charge in [-0.2, -0.15) is 0 Å². The summed E-state index contributed by atoms with van der Waals surface area (Å²) < 4.78 is 15.0. The minimum absolute atomic E-state index is 0.120. The Morgan fingerprint density at radius 2 is 1.70 bits per heavy atom. The maximum absolute atomic E-state index is 11.8. The largest absolute Gasteiger partial charge is 0.493 e. The average Bonchev–Trinajstić information content (AvgIpc) is 2.46. The summed E-state index contributed by atoms with van der Waals surface area (Å²) in [6, 6.07) is 2.97. The van der Waals surface area contributed by atoms with E-state index in [1.165, 1.54) is 33.5 Å². The van der Waals surface area contributed by atoms with E-state index < -0.39 is 5.97 Å². The zero-order valence-electron chi connectivity index (χ0n) is 11.9. The fraction of sp³-hybridized carbons (Fsp3) is 0.385. The van der Waals surface area contributed by atoms with Crippen molar-refractivity contribution in [3.63, 3.8) is 0 Å². The number of amides is 1. The summed E-state index contributed by atoms with van der Waals surface area (Å²) in [4.78, 5) is 23.4. The Balaban J connectivity index is 3.23. The van der Waals surface area contributed by atoms with Gasteiger partial charge in [0.05, 0.1) is 39.1 Å². The van der Waals surface area contributed by atoms with E-state index in [9.17, 15) is 9.59 Å². The Bertz CT molecular complexity index is 502. The molecule has 0 aromatic heterocycles. The van der Waals surface area contributed by atoms with Gasteiger partial charge >= 0.3 is 5.97 Å². The highest BCUT2D eigenvalue weighted by atomic mass is 16.5. The molecule has 0 bridgehead atoms. The molecule has 0 aliphatic heterocycles. The normalized spacial score (nSPS) is 9.80. The molecular weight excluding hydrogens is 264 g/mol. The fourth-order valence-corrected chi connectivity index (χ4v) is 1.62. The molecule has 0 aliphatic carbocycles. The molecule has 1 aromatic carbocycles. The molecule has 0 aliphatic rings. The predicted octanol–water partition coefficient (Wildman–Crippen LogP) is 0.648. The summed E-state index contributed by atoms with van der Waals surface area (Å²) in [5.74, 6) is -0.0880. The van der Waals surface area contributed by atoms with Crippen LogP contribution in [0.5, 0.6) is 11.5 Å². The number of esters is 1. The number of hydrogen-bond acceptors (Lipinski definition) is 6. The summed E-state index contributed by atoms with van der Waals surface area (Å²) in [6.07, 6.45) is 0. The lowest BCUT2D eigenvalue weighted by Crippen LogP contribution is -2.26. The van der Waals surface area contributed by atoms with Crippen molar-refractivity contribution in [3.8, 4) is 11.5 Å². The van der Waals surface area contributed by atoms with Crippen molar-refractivity contribution in [1.82, 2.24) is 5.32 Å². The number of carbonyl (C=O) groups excluding carboxylic acids is 2. The Hall–Kier alpha value is -2.28. The third-order valence-electron chi connectivity index (χ3n) is 2.54. The molecule has 2 N–H and O–H groups in total. The van der Waals surface area contributed by atoms with E-state index in [1.54, 1.807) is 7.05 Å². The molecule has 0 unspecified atom stereocenters. The first-order valence-corrected chi connectivity index (χ1v) is 5.86. The number of methoxy groups -OCH3 is 3. The Labute approximate surface area is 117 Å². The molecule has 20 heavy (non-hydrogen) atoms. The quantitative estimate of drug-likeness (QED) is 0.745. The Morgan fingerprint density at radius 1 is 1.10 bits per heavy atom. The van der Waals surface area contributed by atoms with Crippen molar-refractivity contribution in [2.24, 2.45) is 0 Å². The zero-order chi connectivity index (χ0) is 15.1. The topological polar surface area (TPSA) is 85.9 Å². The van der Waals surface area contributed by atoms with Crippen molar-refractivity contribution in [2.45, 2.75) is 0 Å². The number of rotatable bonds is 6. The lowest BCUT2D eigenvalue weighted by Gasteiger charge is -2.14. The summed E-state index contributed by atoms with van der Waals surface area (Å²) >= 11 is 0. The number of nitrogens with one attached hydrogen (secondary N) is 2. The smallest absolute Gasteiger partial charge is 0.340 e. The van der Waals surface area contributed by atoms with Crippen LogP contribution in [0.4, 0.5) is 5.69 Å². The molecule has 1 rings (SSSR count). The molecule has 0 saturated heterocycles. The van der Waals surface area contributed by atoms with Crippen LogP contribution in [0.2, 0.25) is 0 Å². The number of ether oxygens (including phenoxy) is 3. The van der Waals surface area contributed by atoms with Gasteiger partial charge in [-0.3, -0.25) is 4.79 Å². The van der Waals surface area contributed by atoms with Gasteiger partial charge in [-0.15, -0.1) is 0 Å². The van der Waals surface area contributed by atoms with Crippen molar-refractivity contribution < 1.29 is 23.8 Å². The molecule has 7 nitrogen and oxygen atoms in total. The Kier molecular flexibility index (Phi) is 5.79. The standard InChI is InChI=1S/C13H18N2O5/c1-14-7-12(16)15-9-6-11(19-3)10(18-2)5-8(9)13(17)20-4/h5-6,14H,7H2,1-4H3,(H,15,16). The zero-order valence-corrected chi connectivity index (χ0v) is 11.9. The summed E-state index contributed by atoms with van der Waals surface area (Å²) in [6.45, 7) is 0.120. The van der Waals surface area contributed by atoms with Gasteiger partial charge < -0.3 is 24.8 Å². The highest BCUT2D eigenvalue weighted by molar-refractivity contribution is 6.02. The first-order chi connectivity index (χ1) is 9.57. The maximum Gasteiger partial charge on any atom is 0.340 e. The van der Waals surface area contributed by atoms with Crippen molar-refractivity contribution in [3.05, 3.63) is 17.7 Å². The molecule has 0 saturated carbocycles. The van der Waals surface area contributed by atoms with Crippen LogP contribution >= 0.6 is 0 Å². The second-order valence-corrected chi connectivity index (χ2v) is 3.82. The lowest BCUT2D eigenvalue weighted by atomic mass is 10.1. The Morgan fingerprint density at radius 3 is 2.20 bits per heavy atom. The van der Waals surface area contributed by atoms with Crippen LogP contribution in [0.15, 0.2) is 12.1 Å². The number of anilines is 1. The van der Waals surface area contributed by atoms with E-state index in [0.717, 1.165) is 0 Å². The molecule has 1 aromatic rings. The summed E-state index contributed by atoms with van der Waals surface area (Å²) in [5, 5.41) is 5.33. The third kappa shape index (κ3) is 3.61. The van der Waals surface area contributed by atoms with Gasteiger partial charge in [-0.1, -0.05) is 0 Å². The monoisotopic (exact) mass is 282 g/mol.